The molecule has 2 aliphatic heterocycles. The molecule has 0 aliphatic carbocycles. The normalized spacial score (nSPS) is 28.9. The van der Waals surface area contributed by atoms with Gasteiger partial charge in [-0.3, -0.25) is 4.90 Å². The predicted molar refractivity (Wildman–Crippen MR) is 70.8 cm³/mol. The van der Waals surface area contributed by atoms with Crippen LogP contribution in [0.2, 0.25) is 0 Å². The maximum absolute atomic E-state index is 5.84. The van der Waals surface area contributed by atoms with E-state index in [1.165, 1.54) is 25.7 Å². The maximum Gasteiger partial charge on any atom is 0.226 e. The summed E-state index contributed by atoms with van der Waals surface area (Å²) in [6.07, 6.45) is 7.26. The summed E-state index contributed by atoms with van der Waals surface area (Å²) in [6, 6.07) is 0.328. The molecular weight excluding hydrogens is 242 g/mol. The van der Waals surface area contributed by atoms with E-state index in [1.54, 1.807) is 0 Å². The number of rotatable bonds is 4. The van der Waals surface area contributed by atoms with E-state index in [4.69, 9.17) is 9.26 Å². The zero-order chi connectivity index (χ0) is 13.1. The van der Waals surface area contributed by atoms with Gasteiger partial charge in [0.05, 0.1) is 12.1 Å². The van der Waals surface area contributed by atoms with Crippen LogP contribution in [0.25, 0.3) is 0 Å². The van der Waals surface area contributed by atoms with Crippen LogP contribution < -0.4 is 0 Å². The van der Waals surface area contributed by atoms with Crippen molar-refractivity contribution in [2.24, 2.45) is 0 Å². The van der Waals surface area contributed by atoms with Gasteiger partial charge in [0, 0.05) is 19.6 Å². The zero-order valence-corrected chi connectivity index (χ0v) is 11.7. The molecule has 0 saturated carbocycles. The van der Waals surface area contributed by atoms with Gasteiger partial charge in [-0.15, -0.1) is 0 Å². The smallest absolute Gasteiger partial charge is 0.226 e. The van der Waals surface area contributed by atoms with E-state index in [9.17, 15) is 0 Å². The van der Waals surface area contributed by atoms with Crippen molar-refractivity contribution in [3.63, 3.8) is 0 Å². The van der Waals surface area contributed by atoms with Gasteiger partial charge in [0.2, 0.25) is 5.89 Å². The van der Waals surface area contributed by atoms with Gasteiger partial charge >= 0.3 is 0 Å². The first-order chi connectivity index (χ1) is 9.36. The van der Waals surface area contributed by atoms with E-state index in [1.807, 2.05) is 6.92 Å². The van der Waals surface area contributed by atoms with Crippen molar-refractivity contribution in [1.82, 2.24) is 15.0 Å². The molecule has 2 atom stereocenters. The fourth-order valence-corrected chi connectivity index (χ4v) is 3.10. The van der Waals surface area contributed by atoms with Gasteiger partial charge in [0.15, 0.2) is 5.82 Å². The second-order valence-corrected chi connectivity index (χ2v) is 5.54. The molecule has 5 heteroatoms. The Morgan fingerprint density at radius 1 is 1.26 bits per heavy atom. The Labute approximate surface area is 114 Å². The summed E-state index contributed by atoms with van der Waals surface area (Å²) in [5, 5.41) is 4.14. The number of hydrogen-bond donors (Lipinski definition) is 0. The minimum atomic E-state index is 0.328. The van der Waals surface area contributed by atoms with Crippen LogP contribution >= 0.6 is 0 Å². The fraction of sp³-hybridized carbons (Fsp3) is 0.857. The molecule has 0 aromatic carbocycles. The van der Waals surface area contributed by atoms with E-state index in [2.05, 4.69) is 15.0 Å². The summed E-state index contributed by atoms with van der Waals surface area (Å²) in [6.45, 7) is 5.10. The Kier molecular flexibility index (Phi) is 4.13. The van der Waals surface area contributed by atoms with E-state index < -0.39 is 0 Å². The minimum absolute atomic E-state index is 0.328. The number of aromatic nitrogens is 2. The summed E-state index contributed by atoms with van der Waals surface area (Å²) in [7, 11) is 0. The van der Waals surface area contributed by atoms with Crippen LogP contribution in [0, 0.1) is 0 Å². The second-order valence-electron chi connectivity index (χ2n) is 5.54. The van der Waals surface area contributed by atoms with Crippen molar-refractivity contribution < 1.29 is 9.26 Å². The highest BCUT2D eigenvalue weighted by atomic mass is 16.5. The summed E-state index contributed by atoms with van der Waals surface area (Å²) in [4.78, 5) is 6.97. The van der Waals surface area contributed by atoms with Crippen molar-refractivity contribution in [3.8, 4) is 0 Å². The molecule has 3 heterocycles. The van der Waals surface area contributed by atoms with Gasteiger partial charge in [-0.1, -0.05) is 12.1 Å². The highest BCUT2D eigenvalue weighted by Crippen LogP contribution is 2.31. The van der Waals surface area contributed by atoms with Crippen molar-refractivity contribution in [2.45, 2.75) is 57.6 Å². The molecule has 0 radical (unpaired) electrons. The van der Waals surface area contributed by atoms with Crippen molar-refractivity contribution >= 4 is 0 Å². The SMILES string of the molecule is CCc1nc([C@@H]2CCCN2C[C@H]2CCCCO2)no1. The van der Waals surface area contributed by atoms with Crippen molar-refractivity contribution in [1.29, 1.82) is 0 Å². The zero-order valence-electron chi connectivity index (χ0n) is 11.7. The molecule has 0 spiro atoms. The molecule has 0 N–H and O–H groups in total. The molecule has 2 fully saturated rings. The molecule has 0 amide bonds. The van der Waals surface area contributed by atoms with Gasteiger partial charge in [-0.25, -0.2) is 0 Å². The van der Waals surface area contributed by atoms with E-state index >= 15 is 0 Å². The minimum Gasteiger partial charge on any atom is -0.377 e. The first-order valence-corrected chi connectivity index (χ1v) is 7.55. The highest BCUT2D eigenvalue weighted by molar-refractivity contribution is 4.98. The van der Waals surface area contributed by atoms with Crippen LogP contribution in [0.1, 0.15) is 56.8 Å². The standard InChI is InChI=1S/C14H23N3O2/c1-2-13-15-14(16-19-13)12-7-5-8-17(12)10-11-6-3-4-9-18-11/h11-12H,2-10H2,1H3/t11-,12+/m1/s1. The Balaban J connectivity index is 1.63. The van der Waals surface area contributed by atoms with Crippen LogP contribution in [-0.4, -0.2) is 40.8 Å². The molecule has 5 nitrogen and oxygen atoms in total. The number of likely N-dealkylation sites (tertiary alicyclic amines) is 1. The molecular formula is C14H23N3O2. The third-order valence-electron chi connectivity index (χ3n) is 4.16. The number of aryl methyl sites for hydroxylation is 1. The third kappa shape index (κ3) is 2.98. The molecule has 2 saturated heterocycles. The third-order valence-corrected chi connectivity index (χ3v) is 4.16. The molecule has 0 unspecified atom stereocenters. The van der Waals surface area contributed by atoms with Crippen LogP contribution in [0.3, 0.4) is 0 Å². The Morgan fingerprint density at radius 2 is 2.21 bits per heavy atom. The number of hydrogen-bond acceptors (Lipinski definition) is 5. The lowest BCUT2D eigenvalue weighted by atomic mass is 10.1. The molecule has 19 heavy (non-hydrogen) atoms. The Bertz CT molecular complexity index is 401. The fourth-order valence-electron chi connectivity index (χ4n) is 3.10. The first-order valence-electron chi connectivity index (χ1n) is 7.55. The lowest BCUT2D eigenvalue weighted by Crippen LogP contribution is -2.35. The average Bonchev–Trinajstić information content (AvgIpc) is 3.08. The van der Waals surface area contributed by atoms with E-state index in [0.29, 0.717) is 12.1 Å². The van der Waals surface area contributed by atoms with Crippen LogP contribution in [0.15, 0.2) is 4.52 Å². The number of ether oxygens (including phenoxy) is 1. The molecule has 3 rings (SSSR count). The van der Waals surface area contributed by atoms with Crippen LogP contribution in [0.5, 0.6) is 0 Å². The Morgan fingerprint density at radius 3 is 2.95 bits per heavy atom. The maximum atomic E-state index is 5.84. The molecule has 2 aliphatic rings. The van der Waals surface area contributed by atoms with Gasteiger partial charge in [-0.05, 0) is 38.6 Å². The van der Waals surface area contributed by atoms with Crippen LogP contribution in [-0.2, 0) is 11.2 Å². The van der Waals surface area contributed by atoms with Gasteiger partial charge in [0.25, 0.3) is 0 Å². The lowest BCUT2D eigenvalue weighted by Gasteiger charge is -2.29. The predicted octanol–water partition coefficient (Wildman–Crippen LogP) is 2.34. The molecule has 1 aromatic heterocycles. The van der Waals surface area contributed by atoms with Gasteiger partial charge in [0.1, 0.15) is 0 Å². The van der Waals surface area contributed by atoms with E-state index in [-0.39, 0.29) is 0 Å². The second kappa shape index (κ2) is 6.01. The molecule has 1 aromatic rings. The molecule has 0 bridgehead atoms. The summed E-state index contributed by atoms with van der Waals surface area (Å²) in [5.74, 6) is 1.61. The highest BCUT2D eigenvalue weighted by Gasteiger charge is 2.32. The summed E-state index contributed by atoms with van der Waals surface area (Å²) >= 11 is 0. The van der Waals surface area contributed by atoms with Gasteiger partial charge in [-0.2, -0.15) is 4.98 Å². The number of nitrogens with zero attached hydrogens (tertiary/aromatic N) is 3. The molecule has 106 valence electrons. The van der Waals surface area contributed by atoms with Gasteiger partial charge < -0.3 is 9.26 Å². The van der Waals surface area contributed by atoms with Crippen molar-refractivity contribution in [3.05, 3.63) is 11.7 Å². The average molecular weight is 265 g/mol. The quantitative estimate of drug-likeness (QED) is 0.836. The summed E-state index contributed by atoms with van der Waals surface area (Å²) < 4.78 is 11.1. The lowest BCUT2D eigenvalue weighted by molar-refractivity contribution is -0.00870. The Hall–Kier alpha value is -0.940. The van der Waals surface area contributed by atoms with E-state index in [0.717, 1.165) is 44.3 Å². The van der Waals surface area contributed by atoms with Crippen molar-refractivity contribution in [2.75, 3.05) is 19.7 Å². The topological polar surface area (TPSA) is 51.4 Å². The first kappa shape index (κ1) is 13.1. The monoisotopic (exact) mass is 265 g/mol. The van der Waals surface area contributed by atoms with Crippen LogP contribution in [0.4, 0.5) is 0 Å². The summed E-state index contributed by atoms with van der Waals surface area (Å²) in [5.41, 5.74) is 0. The largest absolute Gasteiger partial charge is 0.377 e.